The molecule has 0 radical (unpaired) electrons. The molecule has 0 atom stereocenters. The van der Waals surface area contributed by atoms with Crippen LogP contribution >= 0.6 is 15.9 Å². The Kier molecular flexibility index (Phi) is 6.14. The Morgan fingerprint density at radius 2 is 1.84 bits per heavy atom. The third-order valence-corrected chi connectivity index (χ3v) is 4.67. The van der Waals surface area contributed by atoms with Crippen molar-refractivity contribution in [2.24, 2.45) is 5.41 Å². The van der Waals surface area contributed by atoms with Crippen molar-refractivity contribution in [2.75, 3.05) is 38.4 Å². The highest BCUT2D eigenvalue weighted by molar-refractivity contribution is 9.09. The van der Waals surface area contributed by atoms with Crippen molar-refractivity contribution in [2.45, 2.75) is 12.8 Å². The Balaban J connectivity index is 1.63. The predicted octanol–water partition coefficient (Wildman–Crippen LogP) is 3.27. The van der Waals surface area contributed by atoms with E-state index in [0.29, 0.717) is 13.2 Å². The topological polar surface area (TPSA) is 27.7 Å². The summed E-state index contributed by atoms with van der Waals surface area (Å²) in [5, 5.41) is 0.975. The lowest BCUT2D eigenvalue weighted by molar-refractivity contribution is -0.0311. The summed E-state index contributed by atoms with van der Waals surface area (Å²) in [6.45, 7) is 3.69. The van der Waals surface area contributed by atoms with Crippen molar-refractivity contribution in [1.29, 1.82) is 0 Å². The second-order valence-electron chi connectivity index (χ2n) is 4.96. The van der Waals surface area contributed by atoms with Crippen LogP contribution in [0.3, 0.4) is 0 Å². The number of hydrogen-bond acceptors (Lipinski definition) is 3. The molecule has 0 unspecified atom stereocenters. The molecule has 2 rings (SSSR count). The molecular formula is C15H21BrO3. The number of benzene rings is 1. The van der Waals surface area contributed by atoms with E-state index in [2.05, 4.69) is 15.9 Å². The van der Waals surface area contributed by atoms with E-state index < -0.39 is 0 Å². The van der Waals surface area contributed by atoms with Crippen LogP contribution in [0.4, 0.5) is 0 Å². The standard InChI is InChI=1S/C15H21BrO3/c16-12-15(6-8-17-9-7-15)13-18-10-11-19-14-4-2-1-3-5-14/h1-5H,6-13H2. The van der Waals surface area contributed by atoms with E-state index in [1.807, 2.05) is 30.3 Å². The fourth-order valence-corrected chi connectivity index (χ4v) is 2.87. The van der Waals surface area contributed by atoms with Gasteiger partial charge < -0.3 is 14.2 Å². The summed E-state index contributed by atoms with van der Waals surface area (Å²) in [6, 6.07) is 9.83. The van der Waals surface area contributed by atoms with Gasteiger partial charge >= 0.3 is 0 Å². The molecule has 19 heavy (non-hydrogen) atoms. The van der Waals surface area contributed by atoms with Crippen molar-refractivity contribution in [3.8, 4) is 5.75 Å². The molecule has 0 bridgehead atoms. The Bertz CT molecular complexity index is 350. The van der Waals surface area contributed by atoms with Crippen LogP contribution in [0, 0.1) is 5.41 Å². The van der Waals surface area contributed by atoms with Crippen LogP contribution in [0.2, 0.25) is 0 Å². The third-order valence-electron chi connectivity index (χ3n) is 3.48. The van der Waals surface area contributed by atoms with Crippen molar-refractivity contribution >= 4 is 15.9 Å². The minimum absolute atomic E-state index is 0.241. The van der Waals surface area contributed by atoms with Crippen LogP contribution in [0.15, 0.2) is 30.3 Å². The van der Waals surface area contributed by atoms with Gasteiger partial charge in [0.05, 0.1) is 13.2 Å². The van der Waals surface area contributed by atoms with E-state index in [0.717, 1.165) is 43.7 Å². The summed E-state index contributed by atoms with van der Waals surface area (Å²) in [7, 11) is 0. The van der Waals surface area contributed by atoms with Gasteiger partial charge in [-0.3, -0.25) is 0 Å². The maximum Gasteiger partial charge on any atom is 0.119 e. The number of alkyl halides is 1. The van der Waals surface area contributed by atoms with Gasteiger partial charge in [0.15, 0.2) is 0 Å². The minimum Gasteiger partial charge on any atom is -0.491 e. The van der Waals surface area contributed by atoms with Gasteiger partial charge in [0.2, 0.25) is 0 Å². The van der Waals surface area contributed by atoms with Crippen molar-refractivity contribution in [3.63, 3.8) is 0 Å². The lowest BCUT2D eigenvalue weighted by atomic mass is 9.83. The lowest BCUT2D eigenvalue weighted by Gasteiger charge is -2.35. The Labute approximate surface area is 123 Å². The normalized spacial score (nSPS) is 18.2. The van der Waals surface area contributed by atoms with E-state index in [9.17, 15) is 0 Å². The molecule has 0 spiro atoms. The molecule has 106 valence electrons. The van der Waals surface area contributed by atoms with E-state index in [1.54, 1.807) is 0 Å². The van der Waals surface area contributed by atoms with E-state index in [-0.39, 0.29) is 5.41 Å². The van der Waals surface area contributed by atoms with Crippen molar-refractivity contribution in [3.05, 3.63) is 30.3 Å². The fourth-order valence-electron chi connectivity index (χ4n) is 2.14. The average molecular weight is 329 g/mol. The lowest BCUT2D eigenvalue weighted by Crippen LogP contribution is -2.36. The van der Waals surface area contributed by atoms with Crippen LogP contribution in [0.5, 0.6) is 5.75 Å². The first kappa shape index (κ1) is 14.8. The van der Waals surface area contributed by atoms with Crippen LogP contribution in [0.1, 0.15) is 12.8 Å². The zero-order chi connectivity index (χ0) is 13.4. The molecule has 0 amide bonds. The molecule has 1 aliphatic heterocycles. The maximum absolute atomic E-state index is 5.78. The van der Waals surface area contributed by atoms with Gasteiger partial charge in [0, 0.05) is 24.0 Å². The highest BCUT2D eigenvalue weighted by Crippen LogP contribution is 2.32. The van der Waals surface area contributed by atoms with Crippen LogP contribution in [0.25, 0.3) is 0 Å². The summed E-state index contributed by atoms with van der Waals surface area (Å²) in [5.74, 6) is 0.896. The largest absolute Gasteiger partial charge is 0.491 e. The van der Waals surface area contributed by atoms with Crippen molar-refractivity contribution in [1.82, 2.24) is 0 Å². The van der Waals surface area contributed by atoms with E-state index in [4.69, 9.17) is 14.2 Å². The Morgan fingerprint density at radius 3 is 2.53 bits per heavy atom. The molecule has 3 nitrogen and oxygen atoms in total. The summed E-state index contributed by atoms with van der Waals surface area (Å²) in [5.41, 5.74) is 0.241. The monoisotopic (exact) mass is 328 g/mol. The molecule has 4 heteroatoms. The van der Waals surface area contributed by atoms with Crippen LogP contribution in [-0.2, 0) is 9.47 Å². The molecule has 0 N–H and O–H groups in total. The molecule has 0 aliphatic carbocycles. The number of halogens is 1. The van der Waals surface area contributed by atoms with Gasteiger partial charge in [-0.2, -0.15) is 0 Å². The van der Waals surface area contributed by atoms with Gasteiger partial charge in [-0.25, -0.2) is 0 Å². The quantitative estimate of drug-likeness (QED) is 0.568. The summed E-state index contributed by atoms with van der Waals surface area (Å²) in [4.78, 5) is 0. The zero-order valence-electron chi connectivity index (χ0n) is 11.1. The smallest absolute Gasteiger partial charge is 0.119 e. The molecule has 1 heterocycles. The van der Waals surface area contributed by atoms with Gasteiger partial charge in [0.25, 0.3) is 0 Å². The minimum atomic E-state index is 0.241. The van der Waals surface area contributed by atoms with E-state index in [1.165, 1.54) is 0 Å². The highest BCUT2D eigenvalue weighted by atomic mass is 79.9. The summed E-state index contributed by atoms with van der Waals surface area (Å²) >= 11 is 3.61. The second-order valence-corrected chi connectivity index (χ2v) is 5.52. The molecule has 1 aliphatic rings. The van der Waals surface area contributed by atoms with E-state index >= 15 is 0 Å². The van der Waals surface area contributed by atoms with Gasteiger partial charge in [0.1, 0.15) is 12.4 Å². The predicted molar refractivity (Wildman–Crippen MR) is 79.0 cm³/mol. The molecule has 1 aromatic carbocycles. The number of rotatable bonds is 7. The SMILES string of the molecule is BrCC1(COCCOc2ccccc2)CCOCC1. The highest BCUT2D eigenvalue weighted by Gasteiger charge is 2.31. The van der Waals surface area contributed by atoms with Crippen LogP contribution < -0.4 is 4.74 Å². The number of para-hydroxylation sites is 1. The van der Waals surface area contributed by atoms with Gasteiger partial charge in [-0.15, -0.1) is 0 Å². The Morgan fingerprint density at radius 1 is 1.11 bits per heavy atom. The average Bonchev–Trinajstić information content (AvgIpc) is 2.49. The molecule has 1 aromatic rings. The first-order chi connectivity index (χ1) is 9.35. The molecular weight excluding hydrogens is 308 g/mol. The third kappa shape index (κ3) is 4.79. The maximum atomic E-state index is 5.78. The first-order valence-electron chi connectivity index (χ1n) is 6.74. The second kappa shape index (κ2) is 7.88. The zero-order valence-corrected chi connectivity index (χ0v) is 12.7. The fraction of sp³-hybridized carbons (Fsp3) is 0.600. The first-order valence-corrected chi connectivity index (χ1v) is 7.86. The molecule has 0 saturated carbocycles. The van der Waals surface area contributed by atoms with Crippen LogP contribution in [-0.4, -0.2) is 38.4 Å². The summed E-state index contributed by atoms with van der Waals surface area (Å²) in [6.07, 6.45) is 2.13. The molecule has 1 saturated heterocycles. The summed E-state index contributed by atoms with van der Waals surface area (Å²) < 4.78 is 16.8. The van der Waals surface area contributed by atoms with Gasteiger partial charge in [-0.05, 0) is 25.0 Å². The molecule has 0 aromatic heterocycles. The number of ether oxygens (including phenoxy) is 3. The Hall–Kier alpha value is -0.580. The number of hydrogen-bond donors (Lipinski definition) is 0. The molecule has 1 fully saturated rings. The van der Waals surface area contributed by atoms with Gasteiger partial charge in [-0.1, -0.05) is 34.1 Å². The van der Waals surface area contributed by atoms with Crippen molar-refractivity contribution < 1.29 is 14.2 Å².